The number of hydrogen-bond donors (Lipinski definition) is 1. The molecule has 2 heterocycles. The summed E-state index contributed by atoms with van der Waals surface area (Å²) in [6, 6.07) is 4.40. The smallest absolute Gasteiger partial charge is 0.186 e. The van der Waals surface area contributed by atoms with Gasteiger partial charge in [0.2, 0.25) is 0 Å². The molecule has 1 saturated heterocycles. The van der Waals surface area contributed by atoms with Crippen LogP contribution in [0.3, 0.4) is 0 Å². The van der Waals surface area contributed by atoms with Crippen molar-refractivity contribution in [3.63, 3.8) is 0 Å². The minimum atomic E-state index is 0.788. The van der Waals surface area contributed by atoms with Gasteiger partial charge in [-0.2, -0.15) is 0 Å². The highest BCUT2D eigenvalue weighted by molar-refractivity contribution is 7.22. The number of piperazine rings is 1. The van der Waals surface area contributed by atoms with Crippen LogP contribution in [0.4, 0.5) is 5.13 Å². The molecule has 3 rings (SSSR count). The van der Waals surface area contributed by atoms with Crippen molar-refractivity contribution in [3.8, 4) is 0 Å². The molecular formula is C16H24N4S. The van der Waals surface area contributed by atoms with Gasteiger partial charge < -0.3 is 10.6 Å². The van der Waals surface area contributed by atoms with E-state index in [1.807, 2.05) is 11.3 Å². The molecule has 0 radical (unpaired) electrons. The Balaban J connectivity index is 1.72. The van der Waals surface area contributed by atoms with E-state index in [0.29, 0.717) is 0 Å². The second-order valence-electron chi connectivity index (χ2n) is 5.82. The van der Waals surface area contributed by atoms with Gasteiger partial charge in [-0.15, -0.1) is 0 Å². The summed E-state index contributed by atoms with van der Waals surface area (Å²) in [5.41, 5.74) is 9.41. The predicted molar refractivity (Wildman–Crippen MR) is 91.4 cm³/mol. The Hall–Kier alpha value is -1.17. The lowest BCUT2D eigenvalue weighted by Crippen LogP contribution is -2.46. The van der Waals surface area contributed by atoms with Gasteiger partial charge in [-0.25, -0.2) is 4.98 Å². The maximum absolute atomic E-state index is 5.59. The SMILES string of the molecule is Cc1ccc2sc(N3CCN(CCCN)CC3)nc2c1C. The minimum absolute atomic E-state index is 0.788. The number of thiazole rings is 1. The van der Waals surface area contributed by atoms with Crippen LogP contribution in [0.2, 0.25) is 0 Å². The molecule has 21 heavy (non-hydrogen) atoms. The summed E-state index contributed by atoms with van der Waals surface area (Å²) in [7, 11) is 0. The van der Waals surface area contributed by atoms with Gasteiger partial charge in [-0.3, -0.25) is 4.90 Å². The summed E-state index contributed by atoms with van der Waals surface area (Å²) < 4.78 is 1.30. The van der Waals surface area contributed by atoms with Crippen LogP contribution in [0.25, 0.3) is 10.2 Å². The van der Waals surface area contributed by atoms with Crippen LogP contribution in [0.1, 0.15) is 17.5 Å². The van der Waals surface area contributed by atoms with Crippen molar-refractivity contribution in [1.29, 1.82) is 0 Å². The van der Waals surface area contributed by atoms with Gasteiger partial charge >= 0.3 is 0 Å². The zero-order chi connectivity index (χ0) is 14.8. The number of nitrogens with zero attached hydrogens (tertiary/aromatic N) is 3. The summed E-state index contributed by atoms with van der Waals surface area (Å²) in [6.07, 6.45) is 1.10. The number of nitrogens with two attached hydrogens (primary N) is 1. The van der Waals surface area contributed by atoms with Crippen LogP contribution in [0.15, 0.2) is 12.1 Å². The van der Waals surface area contributed by atoms with E-state index in [0.717, 1.165) is 45.7 Å². The van der Waals surface area contributed by atoms with E-state index < -0.39 is 0 Å². The fourth-order valence-corrected chi connectivity index (χ4v) is 3.90. The van der Waals surface area contributed by atoms with Crippen LogP contribution < -0.4 is 10.6 Å². The maximum Gasteiger partial charge on any atom is 0.186 e. The average Bonchev–Trinajstić information content (AvgIpc) is 2.94. The Bertz CT molecular complexity index is 614. The summed E-state index contributed by atoms with van der Waals surface area (Å²) >= 11 is 1.82. The summed E-state index contributed by atoms with van der Waals surface area (Å²) in [4.78, 5) is 9.82. The first kappa shape index (κ1) is 14.8. The lowest BCUT2D eigenvalue weighted by Gasteiger charge is -2.34. The molecule has 1 aliphatic heterocycles. The average molecular weight is 304 g/mol. The van der Waals surface area contributed by atoms with Crippen molar-refractivity contribution in [2.75, 3.05) is 44.2 Å². The zero-order valence-corrected chi connectivity index (χ0v) is 13.7. The topological polar surface area (TPSA) is 45.4 Å². The van der Waals surface area contributed by atoms with Crippen molar-refractivity contribution < 1.29 is 0 Å². The Morgan fingerprint density at radius 3 is 2.67 bits per heavy atom. The molecule has 0 unspecified atom stereocenters. The lowest BCUT2D eigenvalue weighted by molar-refractivity contribution is 0.256. The number of aromatic nitrogens is 1. The van der Waals surface area contributed by atoms with E-state index in [4.69, 9.17) is 10.7 Å². The predicted octanol–water partition coefficient (Wildman–Crippen LogP) is 2.38. The summed E-state index contributed by atoms with van der Waals surface area (Å²) in [5, 5.41) is 1.18. The highest BCUT2D eigenvalue weighted by Crippen LogP contribution is 2.32. The van der Waals surface area contributed by atoms with Gasteiger partial charge in [0.15, 0.2) is 5.13 Å². The molecule has 2 N–H and O–H groups in total. The molecule has 0 atom stereocenters. The monoisotopic (exact) mass is 304 g/mol. The number of anilines is 1. The van der Waals surface area contributed by atoms with Crippen LogP contribution >= 0.6 is 11.3 Å². The summed E-state index contributed by atoms with van der Waals surface area (Å²) in [5.74, 6) is 0. The van der Waals surface area contributed by atoms with E-state index >= 15 is 0 Å². The second kappa shape index (κ2) is 6.30. The van der Waals surface area contributed by atoms with E-state index in [2.05, 4.69) is 35.8 Å². The Morgan fingerprint density at radius 2 is 1.95 bits per heavy atom. The third-order valence-corrected chi connectivity index (χ3v) is 5.48. The molecule has 5 heteroatoms. The molecule has 0 amide bonds. The molecule has 0 bridgehead atoms. The number of rotatable bonds is 4. The second-order valence-corrected chi connectivity index (χ2v) is 6.83. The van der Waals surface area contributed by atoms with Gasteiger partial charge in [0, 0.05) is 26.2 Å². The number of hydrogen-bond acceptors (Lipinski definition) is 5. The molecule has 0 aliphatic carbocycles. The molecule has 114 valence electrons. The van der Waals surface area contributed by atoms with Gasteiger partial charge in [0.25, 0.3) is 0 Å². The molecule has 0 saturated carbocycles. The van der Waals surface area contributed by atoms with E-state index in [1.54, 1.807) is 0 Å². The van der Waals surface area contributed by atoms with Crippen molar-refractivity contribution >= 4 is 26.7 Å². The third kappa shape index (κ3) is 3.05. The molecule has 1 fully saturated rings. The first-order chi connectivity index (χ1) is 10.2. The normalized spacial score (nSPS) is 16.8. The Labute approximate surface area is 130 Å². The number of aryl methyl sites for hydroxylation is 2. The highest BCUT2D eigenvalue weighted by Gasteiger charge is 2.19. The van der Waals surface area contributed by atoms with E-state index in [-0.39, 0.29) is 0 Å². The Morgan fingerprint density at radius 1 is 1.19 bits per heavy atom. The number of fused-ring (bicyclic) bond motifs is 1. The largest absolute Gasteiger partial charge is 0.345 e. The molecule has 1 aromatic carbocycles. The van der Waals surface area contributed by atoms with E-state index in [1.165, 1.54) is 26.5 Å². The number of benzene rings is 1. The van der Waals surface area contributed by atoms with Crippen LogP contribution in [-0.2, 0) is 0 Å². The van der Waals surface area contributed by atoms with E-state index in [9.17, 15) is 0 Å². The molecule has 1 aliphatic rings. The fraction of sp³-hybridized carbons (Fsp3) is 0.562. The standard InChI is InChI=1S/C16H24N4S/c1-12-4-5-14-15(13(12)2)18-16(21-14)20-10-8-19(9-11-20)7-3-6-17/h4-5H,3,6-11,17H2,1-2H3. The minimum Gasteiger partial charge on any atom is -0.345 e. The van der Waals surface area contributed by atoms with Crippen LogP contribution in [-0.4, -0.2) is 49.2 Å². The first-order valence-electron chi connectivity index (χ1n) is 7.73. The molecule has 1 aromatic heterocycles. The molecule has 4 nitrogen and oxygen atoms in total. The van der Waals surface area contributed by atoms with Gasteiger partial charge in [0.1, 0.15) is 0 Å². The Kier molecular flexibility index (Phi) is 4.42. The van der Waals surface area contributed by atoms with Crippen molar-refractivity contribution in [2.24, 2.45) is 5.73 Å². The fourth-order valence-electron chi connectivity index (χ4n) is 2.83. The quantitative estimate of drug-likeness (QED) is 0.942. The third-order valence-electron chi connectivity index (χ3n) is 4.39. The molecule has 0 spiro atoms. The van der Waals surface area contributed by atoms with Gasteiger partial charge in [0.05, 0.1) is 10.2 Å². The first-order valence-corrected chi connectivity index (χ1v) is 8.55. The van der Waals surface area contributed by atoms with Crippen LogP contribution in [0.5, 0.6) is 0 Å². The van der Waals surface area contributed by atoms with Gasteiger partial charge in [-0.05, 0) is 50.6 Å². The van der Waals surface area contributed by atoms with Gasteiger partial charge in [-0.1, -0.05) is 17.4 Å². The zero-order valence-electron chi connectivity index (χ0n) is 12.9. The molecular weight excluding hydrogens is 280 g/mol. The highest BCUT2D eigenvalue weighted by atomic mass is 32.1. The van der Waals surface area contributed by atoms with Crippen molar-refractivity contribution in [2.45, 2.75) is 20.3 Å². The summed E-state index contributed by atoms with van der Waals surface area (Å²) in [6.45, 7) is 10.6. The maximum atomic E-state index is 5.59. The van der Waals surface area contributed by atoms with Crippen LogP contribution in [0, 0.1) is 13.8 Å². The lowest BCUT2D eigenvalue weighted by atomic mass is 10.1. The van der Waals surface area contributed by atoms with Crippen molar-refractivity contribution in [1.82, 2.24) is 9.88 Å². The van der Waals surface area contributed by atoms with Crippen molar-refractivity contribution in [3.05, 3.63) is 23.3 Å². The molecule has 2 aromatic rings.